The van der Waals surface area contributed by atoms with Crippen molar-refractivity contribution in [1.82, 2.24) is 0 Å². The summed E-state index contributed by atoms with van der Waals surface area (Å²) in [6.07, 6.45) is 2.97. The number of unbranched alkanes of at least 4 members (excludes halogenated alkanes) is 1. The van der Waals surface area contributed by atoms with Gasteiger partial charge in [0.05, 0.1) is 103 Å². The van der Waals surface area contributed by atoms with E-state index in [1.807, 2.05) is 13.8 Å². The summed E-state index contributed by atoms with van der Waals surface area (Å²) in [5.41, 5.74) is 0. The average molecular weight is 617 g/mol. The first kappa shape index (κ1) is 44.7. The molecule has 14 heteroatoms. The fourth-order valence-corrected chi connectivity index (χ4v) is 2.44. The number of aliphatic hydroxyl groups excluding tert-OH is 4. The zero-order valence-corrected chi connectivity index (χ0v) is 25.9. The minimum absolute atomic E-state index is 0.0145. The summed E-state index contributed by atoms with van der Waals surface area (Å²) in [5, 5.41) is 51.4. The van der Waals surface area contributed by atoms with Gasteiger partial charge in [-0.15, -0.1) is 0 Å². The lowest BCUT2D eigenvalue weighted by Gasteiger charge is -2.19. The van der Waals surface area contributed by atoms with E-state index < -0.39 is 18.0 Å². The summed E-state index contributed by atoms with van der Waals surface area (Å²) in [6.45, 7) is 13.4. The normalized spacial score (nSPS) is 14.6. The van der Waals surface area contributed by atoms with Gasteiger partial charge in [0.15, 0.2) is 0 Å². The molecular formula is C28H56O14. The largest absolute Gasteiger partial charge is 0.478 e. The summed E-state index contributed by atoms with van der Waals surface area (Å²) >= 11 is 0. The van der Waals surface area contributed by atoms with E-state index in [4.69, 9.17) is 54.0 Å². The highest BCUT2D eigenvalue weighted by Crippen LogP contribution is 2.01. The third kappa shape index (κ3) is 42.7. The van der Waals surface area contributed by atoms with Crippen molar-refractivity contribution in [3.05, 3.63) is 12.2 Å². The van der Waals surface area contributed by atoms with Gasteiger partial charge in [-0.2, -0.15) is 0 Å². The number of rotatable bonds is 25. The maximum atomic E-state index is 9.55. The summed E-state index contributed by atoms with van der Waals surface area (Å²) in [7, 11) is 0. The highest BCUT2D eigenvalue weighted by atomic mass is 16.6. The molecule has 0 fully saturated rings. The van der Waals surface area contributed by atoms with E-state index in [1.165, 1.54) is 0 Å². The van der Waals surface area contributed by atoms with Crippen LogP contribution in [0.2, 0.25) is 0 Å². The zero-order chi connectivity index (χ0) is 32.6. The van der Waals surface area contributed by atoms with E-state index in [9.17, 15) is 14.7 Å². The number of ether oxygens (including phenoxy) is 6. The molecule has 0 aliphatic heterocycles. The molecule has 42 heavy (non-hydrogen) atoms. The molecular weight excluding hydrogens is 560 g/mol. The van der Waals surface area contributed by atoms with E-state index in [-0.39, 0.29) is 37.6 Å². The molecule has 0 amide bonds. The first-order chi connectivity index (χ1) is 19.9. The Morgan fingerprint density at radius 2 is 1.12 bits per heavy atom. The summed E-state index contributed by atoms with van der Waals surface area (Å²) < 4.78 is 31.7. The van der Waals surface area contributed by atoms with Crippen molar-refractivity contribution in [2.75, 3.05) is 72.7 Å². The third-order valence-corrected chi connectivity index (χ3v) is 4.66. The quantitative estimate of drug-likeness (QED) is 0.0621. The molecule has 0 aromatic heterocycles. The monoisotopic (exact) mass is 616 g/mol. The summed E-state index contributed by atoms with van der Waals surface area (Å²) in [6, 6.07) is 0. The number of aliphatic hydroxyl groups is 4. The molecule has 5 unspecified atom stereocenters. The van der Waals surface area contributed by atoms with Crippen molar-refractivity contribution < 1.29 is 68.6 Å². The van der Waals surface area contributed by atoms with Crippen molar-refractivity contribution in [3.8, 4) is 0 Å². The number of hydrogen-bond acceptors (Lipinski definition) is 12. The molecule has 14 nitrogen and oxygen atoms in total. The lowest BCUT2D eigenvalue weighted by atomic mass is 10.2. The molecule has 0 aliphatic rings. The maximum Gasteiger partial charge on any atom is 0.328 e. The Balaban J connectivity index is -0.000000579. The predicted molar refractivity (Wildman–Crippen MR) is 154 cm³/mol. The molecule has 0 aromatic rings. The van der Waals surface area contributed by atoms with Gasteiger partial charge >= 0.3 is 11.9 Å². The lowest BCUT2D eigenvalue weighted by Crippen LogP contribution is -2.27. The van der Waals surface area contributed by atoms with Crippen LogP contribution in [-0.4, -0.2) is 146 Å². The highest BCUT2D eigenvalue weighted by molar-refractivity contribution is 5.89. The maximum absolute atomic E-state index is 9.55. The number of carboxylic acids is 2. The Kier molecular flexibility index (Phi) is 36.0. The van der Waals surface area contributed by atoms with Gasteiger partial charge < -0.3 is 59.1 Å². The highest BCUT2D eigenvalue weighted by Gasteiger charge is 2.10. The molecule has 0 spiro atoms. The van der Waals surface area contributed by atoms with Crippen LogP contribution >= 0.6 is 0 Å². The van der Waals surface area contributed by atoms with Crippen LogP contribution in [0.5, 0.6) is 0 Å². The van der Waals surface area contributed by atoms with Crippen molar-refractivity contribution in [2.45, 2.75) is 84.4 Å². The van der Waals surface area contributed by atoms with E-state index in [2.05, 4.69) is 6.92 Å². The van der Waals surface area contributed by atoms with Gasteiger partial charge in [-0.05, 0) is 34.1 Å². The molecule has 0 aromatic carbocycles. The average Bonchev–Trinajstić information content (AvgIpc) is 2.95. The van der Waals surface area contributed by atoms with E-state index in [1.54, 1.807) is 13.8 Å². The number of hydrogen-bond donors (Lipinski definition) is 6. The van der Waals surface area contributed by atoms with Crippen LogP contribution in [0, 0.1) is 0 Å². The Labute approximate surface area is 250 Å². The topological polar surface area (TPSA) is 211 Å². The second-order valence-electron chi connectivity index (χ2n) is 9.29. The molecule has 0 rings (SSSR count). The van der Waals surface area contributed by atoms with Gasteiger partial charge in [-0.3, -0.25) is 0 Å². The minimum atomic E-state index is -1.26. The van der Waals surface area contributed by atoms with E-state index >= 15 is 0 Å². The zero-order valence-electron chi connectivity index (χ0n) is 25.9. The van der Waals surface area contributed by atoms with Crippen molar-refractivity contribution in [1.29, 1.82) is 0 Å². The van der Waals surface area contributed by atoms with Gasteiger partial charge in [0.25, 0.3) is 0 Å². The van der Waals surface area contributed by atoms with Crippen LogP contribution in [-0.2, 0) is 38.0 Å². The predicted octanol–water partition coefficient (Wildman–Crippen LogP) is 0.866. The Hall–Kier alpha value is -1.72. The smallest absolute Gasteiger partial charge is 0.328 e. The third-order valence-electron chi connectivity index (χ3n) is 4.66. The standard InChI is InChI=1S/2C12H26O5.C4H4O4/c1-9(14)6-15-11(3)8-17-12(4)7-16-10(2)5-13;1-2-3-4-12(14)11-17-10-9-16-8-7-15-6-5-13;5-3(6)1-2-4(7)8/h9-14H,5-8H2,1-4H3;12-14H,2-11H2,1H3;1-2H,(H,5,6)(H,7,8). The molecule has 252 valence electrons. The van der Waals surface area contributed by atoms with Crippen LogP contribution in [0.15, 0.2) is 12.2 Å². The summed E-state index contributed by atoms with van der Waals surface area (Å²) in [5.74, 6) is -2.51. The summed E-state index contributed by atoms with van der Waals surface area (Å²) in [4.78, 5) is 19.1. The molecule has 0 bridgehead atoms. The van der Waals surface area contributed by atoms with Gasteiger partial charge in [-0.25, -0.2) is 9.59 Å². The van der Waals surface area contributed by atoms with Crippen LogP contribution in [0.1, 0.15) is 53.9 Å². The van der Waals surface area contributed by atoms with Crippen LogP contribution in [0.4, 0.5) is 0 Å². The van der Waals surface area contributed by atoms with E-state index in [0.717, 1.165) is 19.3 Å². The van der Waals surface area contributed by atoms with Gasteiger partial charge in [-0.1, -0.05) is 19.8 Å². The first-order valence-corrected chi connectivity index (χ1v) is 14.2. The Morgan fingerprint density at radius 3 is 1.55 bits per heavy atom. The van der Waals surface area contributed by atoms with Crippen LogP contribution in [0.25, 0.3) is 0 Å². The molecule has 0 aliphatic carbocycles. The second kappa shape index (κ2) is 33.8. The number of carboxylic acid groups (broad SMARTS) is 2. The van der Waals surface area contributed by atoms with Crippen molar-refractivity contribution >= 4 is 11.9 Å². The second-order valence-corrected chi connectivity index (χ2v) is 9.29. The lowest BCUT2D eigenvalue weighted by molar-refractivity contribution is -0.134. The fraction of sp³-hybridized carbons (Fsp3) is 0.857. The molecule has 0 saturated heterocycles. The SMILES string of the molecule is CC(O)COC(C)COC(C)COC(C)CO.CCCCC(O)COCCOCCOCCO.O=C(O)C=CC(=O)O. The Bertz CT molecular complexity index is 601. The van der Waals surface area contributed by atoms with Crippen LogP contribution < -0.4 is 0 Å². The molecule has 0 radical (unpaired) electrons. The molecule has 0 saturated carbocycles. The molecule has 0 heterocycles. The molecule has 6 N–H and O–H groups in total. The fourth-order valence-electron chi connectivity index (χ4n) is 2.44. The van der Waals surface area contributed by atoms with Crippen LogP contribution in [0.3, 0.4) is 0 Å². The first-order valence-electron chi connectivity index (χ1n) is 14.2. The number of aliphatic carboxylic acids is 2. The van der Waals surface area contributed by atoms with Gasteiger partial charge in [0, 0.05) is 12.2 Å². The van der Waals surface area contributed by atoms with Crippen molar-refractivity contribution in [2.24, 2.45) is 0 Å². The number of carbonyl (C=O) groups is 2. The van der Waals surface area contributed by atoms with Gasteiger partial charge in [0.2, 0.25) is 0 Å². The minimum Gasteiger partial charge on any atom is -0.478 e. The van der Waals surface area contributed by atoms with Crippen molar-refractivity contribution in [3.63, 3.8) is 0 Å². The van der Waals surface area contributed by atoms with E-state index in [0.29, 0.717) is 71.6 Å². The van der Waals surface area contributed by atoms with Gasteiger partial charge in [0.1, 0.15) is 0 Å². The Morgan fingerprint density at radius 1 is 0.667 bits per heavy atom. The molecule has 5 atom stereocenters.